The molecule has 0 aliphatic carbocycles. The molecule has 0 saturated heterocycles. The molecule has 6 nitrogen and oxygen atoms in total. The Balaban J connectivity index is 1.44. The van der Waals surface area contributed by atoms with E-state index in [1.165, 1.54) is 0 Å². The minimum absolute atomic E-state index is 0.210. The normalized spacial score (nSPS) is 13.8. The zero-order chi connectivity index (χ0) is 22.2. The average Bonchev–Trinajstić information content (AvgIpc) is 3.29. The van der Waals surface area contributed by atoms with E-state index in [2.05, 4.69) is 0 Å². The van der Waals surface area contributed by atoms with E-state index in [4.69, 9.17) is 14.2 Å². The van der Waals surface area contributed by atoms with Crippen molar-refractivity contribution in [2.75, 3.05) is 7.11 Å². The molecule has 0 bridgehead atoms. The van der Waals surface area contributed by atoms with Gasteiger partial charge in [0, 0.05) is 35.8 Å². The predicted octanol–water partition coefficient (Wildman–Crippen LogP) is 5.02. The quantitative estimate of drug-likeness (QED) is 0.261. The topological polar surface area (TPSA) is 66.8 Å². The van der Waals surface area contributed by atoms with E-state index in [9.17, 15) is 9.59 Å². The van der Waals surface area contributed by atoms with Crippen molar-refractivity contribution in [1.82, 2.24) is 4.57 Å². The molecule has 2 heterocycles. The third-order valence-electron chi connectivity index (χ3n) is 5.38. The van der Waals surface area contributed by atoms with Crippen LogP contribution in [0.25, 0.3) is 17.0 Å². The summed E-state index contributed by atoms with van der Waals surface area (Å²) in [5, 5.41) is 0.948. The first-order valence-electron chi connectivity index (χ1n) is 10.0. The number of nitrogens with zero attached hydrogens (tertiary/aromatic N) is 1. The van der Waals surface area contributed by atoms with Crippen LogP contribution < -0.4 is 14.2 Å². The van der Waals surface area contributed by atoms with E-state index < -0.39 is 5.97 Å². The van der Waals surface area contributed by atoms with Crippen LogP contribution in [-0.2, 0) is 7.05 Å². The lowest BCUT2D eigenvalue weighted by Crippen LogP contribution is -2.08. The van der Waals surface area contributed by atoms with Gasteiger partial charge in [-0.2, -0.15) is 0 Å². The lowest BCUT2D eigenvalue weighted by Gasteiger charge is -2.05. The summed E-state index contributed by atoms with van der Waals surface area (Å²) in [6.45, 7) is 0. The lowest BCUT2D eigenvalue weighted by atomic mass is 10.1. The fraction of sp³-hybridized carbons (Fsp3) is 0.0769. The maximum absolute atomic E-state index is 12.9. The summed E-state index contributed by atoms with van der Waals surface area (Å²) in [7, 11) is 3.56. The zero-order valence-corrected chi connectivity index (χ0v) is 17.5. The number of ether oxygens (including phenoxy) is 3. The number of esters is 1. The fourth-order valence-electron chi connectivity index (χ4n) is 3.76. The number of rotatable bonds is 4. The number of benzene rings is 3. The molecule has 158 valence electrons. The first-order valence-corrected chi connectivity index (χ1v) is 10.0. The Bertz CT molecular complexity index is 1400. The summed E-state index contributed by atoms with van der Waals surface area (Å²) in [6, 6.07) is 19.3. The van der Waals surface area contributed by atoms with Crippen molar-refractivity contribution >= 4 is 28.7 Å². The van der Waals surface area contributed by atoms with Crippen LogP contribution in [0.4, 0.5) is 0 Å². The molecule has 0 atom stereocenters. The van der Waals surface area contributed by atoms with Crippen molar-refractivity contribution in [3.63, 3.8) is 0 Å². The molecule has 0 amide bonds. The second-order valence-corrected chi connectivity index (χ2v) is 7.43. The van der Waals surface area contributed by atoms with Crippen molar-refractivity contribution in [3.05, 3.63) is 95.4 Å². The van der Waals surface area contributed by atoms with E-state index in [-0.39, 0.29) is 11.5 Å². The summed E-state index contributed by atoms with van der Waals surface area (Å²) in [4.78, 5) is 25.2. The average molecular weight is 425 g/mol. The minimum atomic E-state index is -0.477. The number of carbonyl (C=O) groups is 2. The summed E-state index contributed by atoms with van der Waals surface area (Å²) in [5.74, 6) is 0.909. The Labute approximate surface area is 184 Å². The molecule has 0 saturated carbocycles. The highest BCUT2D eigenvalue weighted by Gasteiger charge is 2.28. The zero-order valence-electron chi connectivity index (χ0n) is 17.5. The highest BCUT2D eigenvalue weighted by Crippen LogP contribution is 2.36. The van der Waals surface area contributed by atoms with Gasteiger partial charge in [-0.25, -0.2) is 4.79 Å². The number of carbonyl (C=O) groups excluding carboxylic acids is 2. The van der Waals surface area contributed by atoms with Gasteiger partial charge >= 0.3 is 5.97 Å². The third-order valence-corrected chi connectivity index (χ3v) is 5.38. The van der Waals surface area contributed by atoms with Gasteiger partial charge in [0.25, 0.3) is 0 Å². The predicted molar refractivity (Wildman–Crippen MR) is 120 cm³/mol. The van der Waals surface area contributed by atoms with Crippen molar-refractivity contribution in [3.8, 4) is 17.2 Å². The second kappa shape index (κ2) is 7.74. The molecule has 5 rings (SSSR count). The van der Waals surface area contributed by atoms with Gasteiger partial charge < -0.3 is 18.8 Å². The maximum atomic E-state index is 12.9. The van der Waals surface area contributed by atoms with Gasteiger partial charge in [0.05, 0.1) is 18.2 Å². The largest absolute Gasteiger partial charge is 0.497 e. The standard InChI is InChI=1S/C26H19NO5/c1-27-15-17(21-13-18(30-2)9-11-22(21)27)12-24-25(28)20-10-8-19(14-23(20)32-24)31-26(29)16-6-4-3-5-7-16/h3-15H,1-2H3/b24-12+. The minimum Gasteiger partial charge on any atom is -0.497 e. The molecular weight excluding hydrogens is 406 g/mol. The summed E-state index contributed by atoms with van der Waals surface area (Å²) in [6.07, 6.45) is 3.66. The molecule has 0 unspecified atom stereocenters. The number of hydrogen-bond donors (Lipinski definition) is 0. The number of aryl methyl sites for hydroxylation is 1. The van der Waals surface area contributed by atoms with Crippen LogP contribution in [-0.4, -0.2) is 23.4 Å². The number of allylic oxidation sites excluding steroid dienone is 1. The number of hydrogen-bond acceptors (Lipinski definition) is 5. The maximum Gasteiger partial charge on any atom is 0.343 e. The van der Waals surface area contributed by atoms with Gasteiger partial charge in [-0.1, -0.05) is 18.2 Å². The number of fused-ring (bicyclic) bond motifs is 2. The summed E-state index contributed by atoms with van der Waals surface area (Å²) >= 11 is 0. The molecule has 0 radical (unpaired) electrons. The molecule has 3 aromatic carbocycles. The van der Waals surface area contributed by atoms with Crippen LogP contribution in [0, 0.1) is 0 Å². The summed E-state index contributed by atoms with van der Waals surface area (Å²) in [5.41, 5.74) is 2.72. The van der Waals surface area contributed by atoms with E-state index in [0.29, 0.717) is 22.6 Å². The molecule has 0 N–H and O–H groups in total. The van der Waals surface area contributed by atoms with Gasteiger partial charge in [0.2, 0.25) is 5.78 Å². The van der Waals surface area contributed by atoms with E-state index in [0.717, 1.165) is 22.2 Å². The molecule has 1 aliphatic heterocycles. The Morgan fingerprint density at radius 2 is 1.78 bits per heavy atom. The fourth-order valence-corrected chi connectivity index (χ4v) is 3.76. The van der Waals surface area contributed by atoms with Crippen LogP contribution in [0.2, 0.25) is 0 Å². The van der Waals surface area contributed by atoms with Crippen LogP contribution >= 0.6 is 0 Å². The second-order valence-electron chi connectivity index (χ2n) is 7.43. The first-order chi connectivity index (χ1) is 15.5. The number of ketones is 1. The lowest BCUT2D eigenvalue weighted by molar-refractivity contribution is 0.0734. The number of Topliss-reactive ketones (excluding diaryl/α,β-unsaturated/α-hetero) is 1. The molecule has 6 heteroatoms. The molecule has 4 aromatic rings. The number of methoxy groups -OCH3 is 1. The summed E-state index contributed by atoms with van der Waals surface area (Å²) < 4.78 is 18.6. The van der Waals surface area contributed by atoms with E-state index in [1.807, 2.05) is 42.1 Å². The van der Waals surface area contributed by atoms with Crippen LogP contribution in [0.5, 0.6) is 17.2 Å². The highest BCUT2D eigenvalue weighted by molar-refractivity contribution is 6.15. The number of aromatic nitrogens is 1. The third kappa shape index (κ3) is 3.41. The Morgan fingerprint density at radius 1 is 1.00 bits per heavy atom. The molecule has 32 heavy (non-hydrogen) atoms. The van der Waals surface area contributed by atoms with Gasteiger partial charge in [0.15, 0.2) is 5.76 Å². The molecule has 0 fully saturated rings. The van der Waals surface area contributed by atoms with Crippen molar-refractivity contribution in [2.45, 2.75) is 0 Å². The van der Waals surface area contributed by atoms with Gasteiger partial charge in [-0.05, 0) is 48.5 Å². The van der Waals surface area contributed by atoms with Gasteiger partial charge in [0.1, 0.15) is 17.2 Å². The molecule has 1 aromatic heterocycles. The van der Waals surface area contributed by atoms with Crippen molar-refractivity contribution < 1.29 is 23.8 Å². The van der Waals surface area contributed by atoms with Crippen LogP contribution in [0.15, 0.2) is 78.7 Å². The van der Waals surface area contributed by atoms with Crippen molar-refractivity contribution in [2.24, 2.45) is 7.05 Å². The van der Waals surface area contributed by atoms with Gasteiger partial charge in [-0.3, -0.25) is 4.79 Å². The van der Waals surface area contributed by atoms with Crippen molar-refractivity contribution in [1.29, 1.82) is 0 Å². The van der Waals surface area contributed by atoms with E-state index >= 15 is 0 Å². The SMILES string of the molecule is COc1ccc2c(c1)c(/C=C1/Oc3cc(OC(=O)c4ccccc4)ccc3C1=O)cn2C. The molecule has 1 aliphatic rings. The van der Waals surface area contributed by atoms with Crippen LogP contribution in [0.1, 0.15) is 26.3 Å². The van der Waals surface area contributed by atoms with E-state index in [1.54, 1.807) is 55.7 Å². The monoisotopic (exact) mass is 425 g/mol. The molecular formula is C26H19NO5. The first kappa shape index (κ1) is 19.6. The Hall–Kier alpha value is -4.32. The molecule has 0 spiro atoms. The smallest absolute Gasteiger partial charge is 0.343 e. The highest BCUT2D eigenvalue weighted by atomic mass is 16.5. The van der Waals surface area contributed by atoms with Crippen LogP contribution in [0.3, 0.4) is 0 Å². The Kier molecular flexibility index (Phi) is 4.75. The Morgan fingerprint density at radius 3 is 2.56 bits per heavy atom. The van der Waals surface area contributed by atoms with Gasteiger partial charge in [-0.15, -0.1) is 0 Å².